The number of amides is 1. The largest absolute Gasteiger partial charge is 0.494 e. The molecule has 6 nitrogen and oxygen atoms in total. The molecule has 0 bridgehead atoms. The molecule has 188 valence electrons. The van der Waals surface area contributed by atoms with Crippen molar-refractivity contribution < 1.29 is 27.1 Å². The van der Waals surface area contributed by atoms with Crippen LogP contribution in [-0.4, -0.2) is 35.3 Å². The summed E-state index contributed by atoms with van der Waals surface area (Å²) in [4.78, 5) is 16.0. The Balaban J connectivity index is 1.77. The molecule has 0 aliphatic heterocycles. The number of nitrogens with zero attached hydrogens (tertiary/aromatic N) is 2. The van der Waals surface area contributed by atoms with Crippen LogP contribution >= 0.6 is 0 Å². The van der Waals surface area contributed by atoms with Crippen molar-refractivity contribution in [1.29, 1.82) is 0 Å². The molecule has 36 heavy (non-hydrogen) atoms. The van der Waals surface area contributed by atoms with Crippen LogP contribution < -0.4 is 15.8 Å². The van der Waals surface area contributed by atoms with Crippen LogP contribution in [0.25, 0.3) is 16.7 Å². The molecule has 0 saturated heterocycles. The van der Waals surface area contributed by atoms with E-state index in [9.17, 15) is 22.4 Å². The highest BCUT2D eigenvalue weighted by Crippen LogP contribution is 2.30. The fourth-order valence-corrected chi connectivity index (χ4v) is 4.09. The number of rotatable bonds is 8. The van der Waals surface area contributed by atoms with Crippen LogP contribution in [0, 0.1) is 12.7 Å². The number of carbonyl (C=O) groups excluding carboxylic acids is 1. The van der Waals surface area contributed by atoms with E-state index < -0.39 is 24.3 Å². The van der Waals surface area contributed by atoms with Crippen molar-refractivity contribution >= 4 is 22.6 Å². The molecule has 1 heterocycles. The lowest BCUT2D eigenvalue weighted by Crippen LogP contribution is -2.15. The number of aryl methyl sites for hydroxylation is 1. The van der Waals surface area contributed by atoms with Crippen LogP contribution in [0.1, 0.15) is 33.5 Å². The van der Waals surface area contributed by atoms with Crippen LogP contribution in [0.5, 0.6) is 5.75 Å². The van der Waals surface area contributed by atoms with E-state index in [4.69, 9.17) is 10.5 Å². The SMILES string of the molecule is COc1ccc(Cc2cc(NCCC(F)(F)F)c3ncn(-c4ccc(C(N)=O)c(C)c4)c3c2)cc1F. The summed E-state index contributed by atoms with van der Waals surface area (Å²) in [6.07, 6.45) is -3.41. The third kappa shape index (κ3) is 5.42. The first-order valence-electron chi connectivity index (χ1n) is 11.1. The van der Waals surface area contributed by atoms with Gasteiger partial charge in [-0.25, -0.2) is 9.37 Å². The van der Waals surface area contributed by atoms with E-state index in [1.165, 1.54) is 19.2 Å². The number of halogens is 4. The van der Waals surface area contributed by atoms with Crippen LogP contribution in [0.2, 0.25) is 0 Å². The summed E-state index contributed by atoms with van der Waals surface area (Å²) < 4.78 is 59.2. The van der Waals surface area contributed by atoms with Crippen molar-refractivity contribution in [3.05, 3.63) is 82.9 Å². The van der Waals surface area contributed by atoms with Gasteiger partial charge in [0, 0.05) is 17.8 Å². The zero-order valence-corrected chi connectivity index (χ0v) is 19.6. The van der Waals surface area contributed by atoms with Crippen LogP contribution in [-0.2, 0) is 6.42 Å². The summed E-state index contributed by atoms with van der Waals surface area (Å²) in [5, 5.41) is 2.85. The second-order valence-electron chi connectivity index (χ2n) is 8.43. The molecule has 3 N–H and O–H groups in total. The molecule has 0 aliphatic carbocycles. The Hall–Kier alpha value is -4.08. The maximum Gasteiger partial charge on any atom is 0.390 e. The van der Waals surface area contributed by atoms with Gasteiger partial charge < -0.3 is 15.8 Å². The minimum Gasteiger partial charge on any atom is -0.494 e. The van der Waals surface area contributed by atoms with Gasteiger partial charge in [0.15, 0.2) is 11.6 Å². The molecule has 1 amide bonds. The predicted octanol–water partition coefficient (Wildman–Crippen LogP) is 5.54. The molecule has 0 fully saturated rings. The Bertz CT molecular complexity index is 1430. The highest BCUT2D eigenvalue weighted by Gasteiger charge is 2.26. The minimum absolute atomic E-state index is 0.122. The molecular weight excluding hydrogens is 476 g/mol. The number of aromatic nitrogens is 2. The first-order chi connectivity index (χ1) is 17.1. The lowest BCUT2D eigenvalue weighted by Gasteiger charge is -2.13. The van der Waals surface area contributed by atoms with Gasteiger partial charge in [-0.1, -0.05) is 6.07 Å². The molecule has 4 aromatic rings. The van der Waals surface area contributed by atoms with E-state index in [1.807, 2.05) is 6.07 Å². The van der Waals surface area contributed by atoms with Crippen molar-refractivity contribution in [1.82, 2.24) is 9.55 Å². The maximum absolute atomic E-state index is 14.2. The normalized spacial score (nSPS) is 11.6. The van der Waals surface area contributed by atoms with Gasteiger partial charge in [0.25, 0.3) is 0 Å². The molecule has 0 unspecified atom stereocenters. The number of alkyl halides is 3. The number of fused-ring (bicyclic) bond motifs is 1. The number of nitrogens with one attached hydrogen (secondary N) is 1. The van der Waals surface area contributed by atoms with Crippen molar-refractivity contribution in [2.45, 2.75) is 25.9 Å². The van der Waals surface area contributed by atoms with E-state index in [0.717, 1.165) is 5.56 Å². The summed E-state index contributed by atoms with van der Waals surface area (Å²) in [7, 11) is 1.38. The Morgan fingerprint density at radius 1 is 1.11 bits per heavy atom. The summed E-state index contributed by atoms with van der Waals surface area (Å²) >= 11 is 0. The second-order valence-corrected chi connectivity index (χ2v) is 8.43. The number of methoxy groups -OCH3 is 1. The molecular formula is C26H24F4N4O2. The van der Waals surface area contributed by atoms with E-state index >= 15 is 0 Å². The molecule has 0 saturated carbocycles. The molecule has 3 aromatic carbocycles. The molecule has 4 rings (SSSR count). The number of imidazole rings is 1. The number of nitrogens with two attached hydrogens (primary N) is 1. The highest BCUT2D eigenvalue weighted by molar-refractivity contribution is 5.95. The third-order valence-electron chi connectivity index (χ3n) is 5.81. The van der Waals surface area contributed by atoms with Gasteiger partial charge in [-0.2, -0.15) is 13.2 Å². The van der Waals surface area contributed by atoms with Crippen LogP contribution in [0.15, 0.2) is 54.9 Å². The number of benzene rings is 3. The summed E-state index contributed by atoms with van der Waals surface area (Å²) in [6, 6.07) is 13.3. The number of anilines is 1. The second kappa shape index (κ2) is 9.88. The Kier molecular flexibility index (Phi) is 6.87. The molecule has 0 atom stereocenters. The average molecular weight is 500 g/mol. The quantitative estimate of drug-likeness (QED) is 0.312. The Morgan fingerprint density at radius 3 is 2.53 bits per heavy atom. The number of primary amides is 1. The van der Waals surface area contributed by atoms with Crippen LogP contribution in [0.4, 0.5) is 23.2 Å². The van der Waals surface area contributed by atoms with Gasteiger partial charge in [0.05, 0.1) is 24.7 Å². The lowest BCUT2D eigenvalue weighted by molar-refractivity contribution is -0.131. The fraction of sp³-hybridized carbons (Fsp3) is 0.231. The summed E-state index contributed by atoms with van der Waals surface area (Å²) in [6.45, 7) is 1.44. The minimum atomic E-state index is -4.30. The smallest absolute Gasteiger partial charge is 0.390 e. The monoisotopic (exact) mass is 500 g/mol. The summed E-state index contributed by atoms with van der Waals surface area (Å²) in [5.74, 6) is -0.925. The Morgan fingerprint density at radius 2 is 1.89 bits per heavy atom. The predicted molar refractivity (Wildman–Crippen MR) is 129 cm³/mol. The molecule has 10 heteroatoms. The highest BCUT2D eigenvalue weighted by atomic mass is 19.4. The van der Waals surface area contributed by atoms with Gasteiger partial charge in [-0.3, -0.25) is 9.36 Å². The first-order valence-corrected chi connectivity index (χ1v) is 11.1. The van der Waals surface area contributed by atoms with Crippen molar-refractivity contribution in [2.75, 3.05) is 19.0 Å². The lowest BCUT2D eigenvalue weighted by atomic mass is 10.0. The van der Waals surface area contributed by atoms with E-state index in [-0.39, 0.29) is 12.3 Å². The van der Waals surface area contributed by atoms with Crippen molar-refractivity contribution in [3.63, 3.8) is 0 Å². The maximum atomic E-state index is 14.2. The van der Waals surface area contributed by atoms with Crippen molar-refractivity contribution in [3.8, 4) is 11.4 Å². The van der Waals surface area contributed by atoms with Gasteiger partial charge >= 0.3 is 6.18 Å². The zero-order chi connectivity index (χ0) is 26.0. The third-order valence-corrected chi connectivity index (χ3v) is 5.81. The molecule has 1 aromatic heterocycles. The Labute approximate surface area is 204 Å². The molecule has 0 spiro atoms. The number of hydrogen-bond acceptors (Lipinski definition) is 4. The standard InChI is InChI=1S/C26H24F4N4O2/c1-15-9-18(4-5-19(15)25(31)35)34-14-33-24-21(32-8-7-26(28,29)30)12-17(13-22(24)34)10-16-3-6-23(36-2)20(27)11-16/h3-6,9,11-14,32H,7-8,10H2,1-2H3,(H2,31,35). The van der Waals surface area contributed by atoms with Gasteiger partial charge in [0.2, 0.25) is 5.91 Å². The number of hydrogen-bond donors (Lipinski definition) is 2. The summed E-state index contributed by atoms with van der Waals surface area (Å²) in [5.41, 5.74) is 10.2. The fourth-order valence-electron chi connectivity index (χ4n) is 4.09. The first kappa shape index (κ1) is 25.0. The van der Waals surface area contributed by atoms with Gasteiger partial charge in [0.1, 0.15) is 11.8 Å². The average Bonchev–Trinajstić information content (AvgIpc) is 3.22. The molecule has 0 radical (unpaired) electrons. The number of ether oxygens (including phenoxy) is 1. The van der Waals surface area contributed by atoms with Crippen molar-refractivity contribution in [2.24, 2.45) is 5.73 Å². The van der Waals surface area contributed by atoms with Gasteiger partial charge in [-0.15, -0.1) is 0 Å². The zero-order valence-electron chi connectivity index (χ0n) is 19.6. The molecule has 0 aliphatic rings. The van der Waals surface area contributed by atoms with E-state index in [2.05, 4.69) is 10.3 Å². The van der Waals surface area contributed by atoms with E-state index in [0.29, 0.717) is 45.5 Å². The number of carbonyl (C=O) groups is 1. The van der Waals surface area contributed by atoms with Crippen LogP contribution in [0.3, 0.4) is 0 Å². The van der Waals surface area contributed by atoms with Gasteiger partial charge in [-0.05, 0) is 72.5 Å². The van der Waals surface area contributed by atoms with E-state index in [1.54, 1.807) is 48.1 Å². The topological polar surface area (TPSA) is 82.2 Å².